The summed E-state index contributed by atoms with van der Waals surface area (Å²) in [6.07, 6.45) is 11.1. The fourth-order valence-corrected chi connectivity index (χ4v) is 1.03. The van der Waals surface area contributed by atoms with Gasteiger partial charge in [-0.25, -0.2) is 0 Å². The molecule has 0 heteroatoms. The number of hydrogen-bond donors (Lipinski definition) is 0. The van der Waals surface area contributed by atoms with Crippen molar-refractivity contribution in [2.24, 2.45) is 0 Å². The van der Waals surface area contributed by atoms with E-state index < -0.39 is 0 Å². The molecule has 0 fully saturated rings. The molecule has 0 amide bonds. The first-order chi connectivity index (χ1) is 5.83. The lowest BCUT2D eigenvalue weighted by atomic mass is 10.1. The number of hydrogen-bond acceptors (Lipinski definition) is 0. The van der Waals surface area contributed by atoms with Gasteiger partial charge in [-0.1, -0.05) is 56.2 Å². The van der Waals surface area contributed by atoms with Crippen LogP contribution in [0.5, 0.6) is 0 Å². The molecule has 1 aliphatic rings. The third-order valence-electron chi connectivity index (χ3n) is 1.83. The molecule has 1 rings (SSSR count). The molecule has 0 N–H and O–H groups in total. The zero-order chi connectivity index (χ0) is 9.40. The standard InChI is InChI=1S/C10H14.C2H6/c1-3-10-6-4-5-9(2)7-8-10;1-2/h4-7H,3,8H2,1-2H3;1-2H3. The van der Waals surface area contributed by atoms with E-state index in [2.05, 4.69) is 38.2 Å². The zero-order valence-electron chi connectivity index (χ0n) is 8.72. The van der Waals surface area contributed by atoms with Gasteiger partial charge in [-0.05, 0) is 19.8 Å². The van der Waals surface area contributed by atoms with Crippen molar-refractivity contribution in [2.75, 3.05) is 0 Å². The van der Waals surface area contributed by atoms with Crippen LogP contribution in [0.4, 0.5) is 0 Å². The highest BCUT2D eigenvalue weighted by molar-refractivity contribution is 5.28. The van der Waals surface area contributed by atoms with E-state index in [0.29, 0.717) is 0 Å². The van der Waals surface area contributed by atoms with Crippen LogP contribution in [0.25, 0.3) is 0 Å². The van der Waals surface area contributed by atoms with Gasteiger partial charge in [0.25, 0.3) is 0 Å². The minimum Gasteiger partial charge on any atom is -0.0775 e. The van der Waals surface area contributed by atoms with E-state index in [0.717, 1.165) is 6.42 Å². The normalized spacial score (nSPS) is 15.3. The van der Waals surface area contributed by atoms with Crippen molar-refractivity contribution in [3.05, 3.63) is 35.5 Å². The Morgan fingerprint density at radius 3 is 2.58 bits per heavy atom. The van der Waals surface area contributed by atoms with Gasteiger partial charge in [0.15, 0.2) is 0 Å². The Kier molecular flexibility index (Phi) is 6.45. The predicted molar refractivity (Wildman–Crippen MR) is 57.2 cm³/mol. The monoisotopic (exact) mass is 164 g/mol. The Bertz CT molecular complexity index is 189. The van der Waals surface area contributed by atoms with Gasteiger partial charge in [-0.15, -0.1) is 0 Å². The largest absolute Gasteiger partial charge is 0.0775 e. The maximum absolute atomic E-state index is 2.28. The molecule has 0 aromatic rings. The fraction of sp³-hybridized carbons (Fsp3) is 0.500. The topological polar surface area (TPSA) is 0 Å². The smallest absolute Gasteiger partial charge is 0.0130 e. The minimum absolute atomic E-state index is 1.13. The number of allylic oxidation sites excluding steroid dienone is 6. The molecule has 0 aromatic heterocycles. The summed E-state index contributed by atoms with van der Waals surface area (Å²) in [5, 5.41) is 0. The van der Waals surface area contributed by atoms with Crippen LogP contribution in [0.2, 0.25) is 0 Å². The molecule has 0 spiro atoms. The Morgan fingerprint density at radius 1 is 1.33 bits per heavy atom. The summed E-state index contributed by atoms with van der Waals surface area (Å²) in [5.41, 5.74) is 2.90. The highest BCUT2D eigenvalue weighted by atomic mass is 14.0. The van der Waals surface area contributed by atoms with Crippen LogP contribution in [-0.2, 0) is 0 Å². The molecule has 0 saturated heterocycles. The lowest BCUT2D eigenvalue weighted by Gasteiger charge is -1.95. The molecule has 0 unspecified atom stereocenters. The van der Waals surface area contributed by atoms with Crippen LogP contribution in [0.3, 0.4) is 0 Å². The van der Waals surface area contributed by atoms with Gasteiger partial charge >= 0.3 is 0 Å². The molecular weight excluding hydrogens is 144 g/mol. The van der Waals surface area contributed by atoms with Gasteiger partial charge in [0.1, 0.15) is 0 Å². The first-order valence-electron chi connectivity index (χ1n) is 4.86. The van der Waals surface area contributed by atoms with Gasteiger partial charge in [-0.2, -0.15) is 0 Å². The lowest BCUT2D eigenvalue weighted by Crippen LogP contribution is -1.75. The van der Waals surface area contributed by atoms with Crippen molar-refractivity contribution in [2.45, 2.75) is 40.5 Å². The zero-order valence-corrected chi connectivity index (χ0v) is 8.72. The van der Waals surface area contributed by atoms with E-state index in [1.807, 2.05) is 13.8 Å². The van der Waals surface area contributed by atoms with E-state index in [1.54, 1.807) is 0 Å². The molecule has 0 radical (unpaired) electrons. The average Bonchev–Trinajstić information content (AvgIpc) is 2.33. The molecule has 68 valence electrons. The van der Waals surface area contributed by atoms with Gasteiger partial charge in [0, 0.05) is 0 Å². The van der Waals surface area contributed by atoms with Gasteiger partial charge in [0.2, 0.25) is 0 Å². The van der Waals surface area contributed by atoms with Crippen LogP contribution in [-0.4, -0.2) is 0 Å². The summed E-state index contributed by atoms with van der Waals surface area (Å²) in [4.78, 5) is 0. The summed E-state index contributed by atoms with van der Waals surface area (Å²) < 4.78 is 0. The second-order valence-electron chi connectivity index (χ2n) is 2.69. The van der Waals surface area contributed by atoms with E-state index in [9.17, 15) is 0 Å². The van der Waals surface area contributed by atoms with Gasteiger partial charge in [0.05, 0.1) is 0 Å². The minimum atomic E-state index is 1.13. The Labute approximate surface area is 76.7 Å². The van der Waals surface area contributed by atoms with Crippen molar-refractivity contribution >= 4 is 0 Å². The highest BCUT2D eigenvalue weighted by Crippen LogP contribution is 2.13. The van der Waals surface area contributed by atoms with E-state index in [1.165, 1.54) is 17.6 Å². The van der Waals surface area contributed by atoms with Crippen LogP contribution in [0.15, 0.2) is 35.5 Å². The summed E-state index contributed by atoms with van der Waals surface area (Å²) >= 11 is 0. The van der Waals surface area contributed by atoms with Crippen LogP contribution in [0, 0.1) is 0 Å². The van der Waals surface area contributed by atoms with Crippen molar-refractivity contribution < 1.29 is 0 Å². The van der Waals surface area contributed by atoms with E-state index in [4.69, 9.17) is 0 Å². The first-order valence-corrected chi connectivity index (χ1v) is 4.86. The molecule has 12 heavy (non-hydrogen) atoms. The second kappa shape index (κ2) is 6.90. The second-order valence-corrected chi connectivity index (χ2v) is 2.69. The molecule has 0 bridgehead atoms. The van der Waals surface area contributed by atoms with Crippen molar-refractivity contribution in [3.8, 4) is 0 Å². The number of rotatable bonds is 1. The summed E-state index contributed by atoms with van der Waals surface area (Å²) in [5.74, 6) is 0. The van der Waals surface area contributed by atoms with Crippen LogP contribution in [0.1, 0.15) is 40.5 Å². The summed E-state index contributed by atoms with van der Waals surface area (Å²) in [7, 11) is 0. The molecule has 0 saturated carbocycles. The summed E-state index contributed by atoms with van der Waals surface area (Å²) in [6.45, 7) is 8.34. The third kappa shape index (κ3) is 4.17. The Hall–Kier alpha value is -0.780. The third-order valence-corrected chi connectivity index (χ3v) is 1.83. The van der Waals surface area contributed by atoms with Crippen molar-refractivity contribution in [3.63, 3.8) is 0 Å². The maximum atomic E-state index is 2.28. The molecule has 0 aromatic carbocycles. The van der Waals surface area contributed by atoms with Gasteiger partial charge < -0.3 is 0 Å². The quantitative estimate of drug-likeness (QED) is 0.543. The maximum Gasteiger partial charge on any atom is -0.0130 e. The fourth-order valence-electron chi connectivity index (χ4n) is 1.03. The molecule has 0 atom stereocenters. The molecule has 1 aliphatic carbocycles. The van der Waals surface area contributed by atoms with E-state index in [-0.39, 0.29) is 0 Å². The van der Waals surface area contributed by atoms with Crippen LogP contribution < -0.4 is 0 Å². The molecule has 0 heterocycles. The first kappa shape index (κ1) is 11.2. The van der Waals surface area contributed by atoms with E-state index >= 15 is 0 Å². The average molecular weight is 164 g/mol. The predicted octanol–water partition coefficient (Wildman–Crippen LogP) is 4.26. The molecular formula is C12H20. The highest BCUT2D eigenvalue weighted by Gasteiger charge is 1.92. The SMILES string of the molecule is CC.CCC1=CC=CC(C)=CC1. The van der Waals surface area contributed by atoms with Crippen LogP contribution >= 0.6 is 0 Å². The lowest BCUT2D eigenvalue weighted by molar-refractivity contribution is 1.03. The summed E-state index contributed by atoms with van der Waals surface area (Å²) in [6, 6.07) is 0. The van der Waals surface area contributed by atoms with Gasteiger partial charge in [-0.3, -0.25) is 0 Å². The van der Waals surface area contributed by atoms with Crippen molar-refractivity contribution in [1.82, 2.24) is 0 Å². The Balaban J connectivity index is 0.000000561. The Morgan fingerprint density at radius 2 is 2.00 bits per heavy atom. The molecule has 0 aliphatic heterocycles. The molecule has 0 nitrogen and oxygen atoms in total. The van der Waals surface area contributed by atoms with Crippen molar-refractivity contribution in [1.29, 1.82) is 0 Å².